The third-order valence-corrected chi connectivity index (χ3v) is 4.98. The molecule has 4 nitrogen and oxygen atoms in total. The highest BCUT2D eigenvalue weighted by Gasteiger charge is 2.56. The molecule has 0 heterocycles. The number of aliphatic carboxylic acids is 1. The Kier molecular flexibility index (Phi) is 6.37. The number of hydrogen-bond donors (Lipinski definition) is 3. The number of allylic oxidation sites excluding steroid dienone is 6. The standard InChI is InChI=1S/C20H30O4/c1-15(8-6-9-16(2)14-17(21)22)10-13-20(24)18(3,4)11-7-12-19(20,5)23/h6,8-10,13-14,23-24H,7,11-12H2,1-5H3,(H,21,22)/b9-6+,13-10+,15-8+,16-14+. The normalized spacial score (nSPS) is 31.8. The van der Waals surface area contributed by atoms with Crippen LogP contribution in [0.1, 0.15) is 53.9 Å². The van der Waals surface area contributed by atoms with E-state index in [1.807, 2.05) is 32.9 Å². The Morgan fingerprint density at radius 1 is 1.00 bits per heavy atom. The Balaban J connectivity index is 2.95. The van der Waals surface area contributed by atoms with Crippen LogP contribution in [0.2, 0.25) is 0 Å². The quantitative estimate of drug-likeness (QED) is 0.528. The van der Waals surface area contributed by atoms with Gasteiger partial charge in [-0.1, -0.05) is 43.7 Å². The van der Waals surface area contributed by atoms with Crippen molar-refractivity contribution in [3.8, 4) is 0 Å². The van der Waals surface area contributed by atoms with Crippen LogP contribution in [0.3, 0.4) is 0 Å². The van der Waals surface area contributed by atoms with Crippen LogP contribution in [0, 0.1) is 5.41 Å². The van der Waals surface area contributed by atoms with E-state index in [0.29, 0.717) is 12.0 Å². The van der Waals surface area contributed by atoms with Crippen molar-refractivity contribution in [2.75, 3.05) is 0 Å². The molecule has 1 rings (SSSR count). The van der Waals surface area contributed by atoms with Crippen LogP contribution in [0.5, 0.6) is 0 Å². The van der Waals surface area contributed by atoms with Crippen molar-refractivity contribution < 1.29 is 20.1 Å². The van der Waals surface area contributed by atoms with Crippen LogP contribution in [-0.4, -0.2) is 32.5 Å². The molecule has 0 aliphatic heterocycles. The first kappa shape index (κ1) is 20.4. The lowest BCUT2D eigenvalue weighted by Gasteiger charge is -2.53. The Morgan fingerprint density at radius 2 is 1.62 bits per heavy atom. The van der Waals surface area contributed by atoms with Crippen LogP contribution < -0.4 is 0 Å². The van der Waals surface area contributed by atoms with Gasteiger partial charge in [0.15, 0.2) is 0 Å². The molecule has 0 amide bonds. The molecule has 0 aromatic heterocycles. The topological polar surface area (TPSA) is 77.8 Å². The molecule has 1 saturated carbocycles. The molecule has 134 valence electrons. The Hall–Kier alpha value is -1.65. The lowest BCUT2D eigenvalue weighted by Crippen LogP contribution is -2.62. The minimum Gasteiger partial charge on any atom is -0.478 e. The number of carboxylic acid groups (broad SMARTS) is 1. The monoisotopic (exact) mass is 334 g/mol. The third-order valence-electron chi connectivity index (χ3n) is 4.98. The minimum absolute atomic E-state index is 0.415. The first-order valence-electron chi connectivity index (χ1n) is 8.31. The average Bonchev–Trinajstić information content (AvgIpc) is 2.41. The van der Waals surface area contributed by atoms with E-state index in [0.717, 1.165) is 24.5 Å². The second-order valence-corrected chi connectivity index (χ2v) is 7.61. The van der Waals surface area contributed by atoms with Gasteiger partial charge in [-0.15, -0.1) is 0 Å². The highest BCUT2D eigenvalue weighted by Crippen LogP contribution is 2.50. The van der Waals surface area contributed by atoms with E-state index in [4.69, 9.17) is 5.11 Å². The molecule has 1 aliphatic rings. The second-order valence-electron chi connectivity index (χ2n) is 7.61. The van der Waals surface area contributed by atoms with E-state index >= 15 is 0 Å². The second kappa shape index (κ2) is 7.49. The lowest BCUT2D eigenvalue weighted by atomic mass is 9.58. The summed E-state index contributed by atoms with van der Waals surface area (Å²) >= 11 is 0. The zero-order valence-corrected chi connectivity index (χ0v) is 15.3. The van der Waals surface area contributed by atoms with Crippen LogP contribution in [0.15, 0.2) is 47.6 Å². The summed E-state index contributed by atoms with van der Waals surface area (Å²) < 4.78 is 0. The molecular formula is C20H30O4. The molecule has 2 unspecified atom stereocenters. The fraction of sp³-hybridized carbons (Fsp3) is 0.550. The van der Waals surface area contributed by atoms with Gasteiger partial charge in [0.05, 0.1) is 5.60 Å². The van der Waals surface area contributed by atoms with Gasteiger partial charge < -0.3 is 15.3 Å². The largest absolute Gasteiger partial charge is 0.478 e. The minimum atomic E-state index is -1.30. The molecule has 1 aliphatic carbocycles. The first-order chi connectivity index (χ1) is 10.9. The molecule has 0 aromatic rings. The Labute approximate surface area is 144 Å². The van der Waals surface area contributed by atoms with Crippen molar-refractivity contribution in [1.29, 1.82) is 0 Å². The van der Waals surface area contributed by atoms with Gasteiger partial charge in [-0.25, -0.2) is 4.79 Å². The molecule has 24 heavy (non-hydrogen) atoms. The molecule has 0 spiro atoms. The van der Waals surface area contributed by atoms with Crippen molar-refractivity contribution in [2.45, 2.75) is 65.1 Å². The van der Waals surface area contributed by atoms with Gasteiger partial charge in [-0.2, -0.15) is 0 Å². The van der Waals surface area contributed by atoms with Crippen LogP contribution in [0.25, 0.3) is 0 Å². The van der Waals surface area contributed by atoms with Crippen LogP contribution in [-0.2, 0) is 4.79 Å². The molecule has 1 fully saturated rings. The molecule has 3 N–H and O–H groups in total. The first-order valence-corrected chi connectivity index (χ1v) is 8.31. The maximum atomic E-state index is 11.1. The summed E-state index contributed by atoms with van der Waals surface area (Å²) in [7, 11) is 0. The fourth-order valence-electron chi connectivity index (χ4n) is 3.29. The van der Waals surface area contributed by atoms with Crippen molar-refractivity contribution in [3.63, 3.8) is 0 Å². The van der Waals surface area contributed by atoms with Gasteiger partial charge in [0.2, 0.25) is 0 Å². The summed E-state index contributed by atoms with van der Waals surface area (Å²) in [5.41, 5.74) is -1.33. The molecule has 2 atom stereocenters. The Bertz CT molecular complexity index is 573. The number of carboxylic acids is 1. The van der Waals surface area contributed by atoms with E-state index in [1.54, 1.807) is 32.1 Å². The van der Waals surface area contributed by atoms with Gasteiger partial charge in [0, 0.05) is 6.08 Å². The van der Waals surface area contributed by atoms with Gasteiger partial charge in [0.25, 0.3) is 0 Å². The van der Waals surface area contributed by atoms with Crippen LogP contribution >= 0.6 is 0 Å². The van der Waals surface area contributed by atoms with E-state index in [-0.39, 0.29) is 0 Å². The van der Waals surface area contributed by atoms with Gasteiger partial charge in [0.1, 0.15) is 5.60 Å². The molecule has 4 heteroatoms. The highest BCUT2D eigenvalue weighted by molar-refractivity contribution is 5.81. The van der Waals surface area contributed by atoms with Crippen molar-refractivity contribution in [1.82, 2.24) is 0 Å². The van der Waals surface area contributed by atoms with Crippen molar-refractivity contribution >= 4 is 5.97 Å². The Morgan fingerprint density at radius 3 is 2.17 bits per heavy atom. The zero-order chi connectivity index (χ0) is 18.6. The highest BCUT2D eigenvalue weighted by atomic mass is 16.4. The SMILES string of the molecule is CC(/C=C/C1(O)C(C)(C)CCCC1(C)O)=C\C=C\C(C)=C\C(=O)O. The maximum Gasteiger partial charge on any atom is 0.328 e. The van der Waals surface area contributed by atoms with Crippen molar-refractivity contribution in [2.24, 2.45) is 5.41 Å². The van der Waals surface area contributed by atoms with Crippen LogP contribution in [0.4, 0.5) is 0 Å². The smallest absolute Gasteiger partial charge is 0.328 e. The predicted octanol–water partition coefficient (Wildman–Crippen LogP) is 3.77. The molecule has 0 saturated heterocycles. The van der Waals surface area contributed by atoms with E-state index in [2.05, 4.69) is 0 Å². The summed E-state index contributed by atoms with van der Waals surface area (Å²) in [6.07, 6.45) is 12.3. The van der Waals surface area contributed by atoms with Gasteiger partial charge in [-0.3, -0.25) is 0 Å². The summed E-state index contributed by atoms with van der Waals surface area (Å²) in [5.74, 6) is -0.971. The van der Waals surface area contributed by atoms with E-state index < -0.39 is 22.6 Å². The molecular weight excluding hydrogens is 304 g/mol. The van der Waals surface area contributed by atoms with E-state index in [1.165, 1.54) is 0 Å². The summed E-state index contributed by atoms with van der Waals surface area (Å²) in [6, 6.07) is 0. The summed E-state index contributed by atoms with van der Waals surface area (Å²) in [4.78, 5) is 10.6. The van der Waals surface area contributed by atoms with Gasteiger partial charge >= 0.3 is 5.97 Å². The number of carbonyl (C=O) groups is 1. The third kappa shape index (κ3) is 4.68. The number of hydrogen-bond acceptors (Lipinski definition) is 3. The van der Waals surface area contributed by atoms with Gasteiger partial charge in [-0.05, 0) is 57.1 Å². The predicted molar refractivity (Wildman–Crippen MR) is 96.6 cm³/mol. The maximum absolute atomic E-state index is 11.1. The summed E-state index contributed by atoms with van der Waals surface area (Å²) in [5, 5.41) is 30.5. The summed E-state index contributed by atoms with van der Waals surface area (Å²) in [6.45, 7) is 9.25. The average molecular weight is 334 g/mol. The fourth-order valence-corrected chi connectivity index (χ4v) is 3.29. The molecule has 0 radical (unpaired) electrons. The molecule has 0 aromatic carbocycles. The van der Waals surface area contributed by atoms with Crippen molar-refractivity contribution in [3.05, 3.63) is 47.6 Å². The van der Waals surface area contributed by atoms with E-state index in [9.17, 15) is 15.0 Å². The number of aliphatic hydroxyl groups is 2. The number of rotatable bonds is 5. The lowest BCUT2D eigenvalue weighted by molar-refractivity contribution is -0.194. The molecule has 0 bridgehead atoms. The zero-order valence-electron chi connectivity index (χ0n) is 15.3.